The minimum absolute atomic E-state index is 0.284. The predicted molar refractivity (Wildman–Crippen MR) is 55.0 cm³/mol. The summed E-state index contributed by atoms with van der Waals surface area (Å²) in [5.41, 5.74) is 2.19. The fraction of sp³-hybridized carbons (Fsp3) is 0.417. The Hall–Kier alpha value is -1.31. The van der Waals surface area contributed by atoms with Crippen molar-refractivity contribution in [2.75, 3.05) is 7.11 Å². The van der Waals surface area contributed by atoms with Gasteiger partial charge in [-0.05, 0) is 24.3 Å². The Bertz CT molecular complexity index is 365. The fourth-order valence-corrected chi connectivity index (χ4v) is 1.74. The van der Waals surface area contributed by atoms with Crippen LogP contribution in [0, 0.1) is 0 Å². The van der Waals surface area contributed by atoms with Crippen LogP contribution in [0.15, 0.2) is 18.2 Å². The van der Waals surface area contributed by atoms with Crippen molar-refractivity contribution in [3.8, 4) is 5.75 Å². The molecule has 1 aromatic carbocycles. The summed E-state index contributed by atoms with van der Waals surface area (Å²) in [7, 11) is 1.65. The molecule has 0 saturated heterocycles. The van der Waals surface area contributed by atoms with Crippen molar-refractivity contribution in [1.82, 2.24) is 0 Å². The third-order valence-electron chi connectivity index (χ3n) is 3.01. The summed E-state index contributed by atoms with van der Waals surface area (Å²) in [6.07, 6.45) is 3.27. The van der Waals surface area contributed by atoms with Gasteiger partial charge in [0, 0.05) is 11.1 Å². The quantitative estimate of drug-likeness (QED) is 0.685. The van der Waals surface area contributed by atoms with E-state index in [2.05, 4.69) is 6.92 Å². The second-order valence-corrected chi connectivity index (χ2v) is 4.14. The molecule has 0 unspecified atom stereocenters. The van der Waals surface area contributed by atoms with Crippen molar-refractivity contribution in [2.24, 2.45) is 0 Å². The summed E-state index contributed by atoms with van der Waals surface area (Å²) in [6.45, 7) is 2.23. The SMILES string of the molecule is COc1cc(C=O)ccc1C1(C)CC1. The van der Waals surface area contributed by atoms with Crippen molar-refractivity contribution in [2.45, 2.75) is 25.2 Å². The average Bonchev–Trinajstić information content (AvgIpc) is 2.96. The van der Waals surface area contributed by atoms with Gasteiger partial charge in [-0.3, -0.25) is 4.79 Å². The Balaban J connectivity index is 2.45. The molecule has 0 aliphatic heterocycles. The highest BCUT2D eigenvalue weighted by atomic mass is 16.5. The Kier molecular flexibility index (Phi) is 2.06. The first-order valence-electron chi connectivity index (χ1n) is 4.83. The third-order valence-corrected chi connectivity index (χ3v) is 3.01. The Morgan fingerprint density at radius 2 is 2.14 bits per heavy atom. The van der Waals surface area contributed by atoms with Gasteiger partial charge < -0.3 is 4.74 Å². The zero-order chi connectivity index (χ0) is 10.2. The van der Waals surface area contributed by atoms with Crippen molar-refractivity contribution in [3.63, 3.8) is 0 Å². The van der Waals surface area contributed by atoms with Crippen LogP contribution in [-0.2, 0) is 5.41 Å². The molecule has 2 rings (SSSR count). The number of rotatable bonds is 3. The highest BCUT2D eigenvalue weighted by Crippen LogP contribution is 2.50. The lowest BCUT2D eigenvalue weighted by molar-refractivity contribution is 0.112. The van der Waals surface area contributed by atoms with E-state index in [4.69, 9.17) is 4.74 Å². The molecule has 2 heteroatoms. The smallest absolute Gasteiger partial charge is 0.150 e. The first-order chi connectivity index (χ1) is 6.69. The number of hydrogen-bond donors (Lipinski definition) is 0. The van der Waals surface area contributed by atoms with Gasteiger partial charge in [0.2, 0.25) is 0 Å². The molecule has 1 aliphatic carbocycles. The van der Waals surface area contributed by atoms with Crippen molar-refractivity contribution < 1.29 is 9.53 Å². The minimum atomic E-state index is 0.284. The molecule has 0 aromatic heterocycles. The van der Waals surface area contributed by atoms with Crippen LogP contribution in [0.3, 0.4) is 0 Å². The fourth-order valence-electron chi connectivity index (χ4n) is 1.74. The van der Waals surface area contributed by atoms with Gasteiger partial charge in [0.05, 0.1) is 7.11 Å². The molecule has 0 amide bonds. The van der Waals surface area contributed by atoms with Crippen LogP contribution in [0.25, 0.3) is 0 Å². The molecule has 14 heavy (non-hydrogen) atoms. The van der Waals surface area contributed by atoms with E-state index < -0.39 is 0 Å². The number of benzene rings is 1. The normalized spacial score (nSPS) is 17.6. The number of hydrogen-bond acceptors (Lipinski definition) is 2. The van der Waals surface area contributed by atoms with Crippen LogP contribution in [-0.4, -0.2) is 13.4 Å². The lowest BCUT2D eigenvalue weighted by Gasteiger charge is -2.14. The monoisotopic (exact) mass is 190 g/mol. The summed E-state index contributed by atoms with van der Waals surface area (Å²) < 4.78 is 5.30. The highest BCUT2D eigenvalue weighted by Gasteiger charge is 2.41. The van der Waals surface area contributed by atoms with E-state index in [-0.39, 0.29) is 5.41 Å². The Morgan fingerprint density at radius 1 is 1.43 bits per heavy atom. The molecule has 0 heterocycles. The molecule has 1 aromatic rings. The predicted octanol–water partition coefficient (Wildman–Crippen LogP) is 2.56. The summed E-state index contributed by atoms with van der Waals surface area (Å²) >= 11 is 0. The van der Waals surface area contributed by atoms with Crippen LogP contribution < -0.4 is 4.74 Å². The molecule has 0 N–H and O–H groups in total. The van der Waals surface area contributed by atoms with E-state index in [1.165, 1.54) is 18.4 Å². The lowest BCUT2D eigenvalue weighted by Crippen LogP contribution is -2.03. The number of ether oxygens (including phenoxy) is 1. The van der Waals surface area contributed by atoms with Crippen molar-refractivity contribution >= 4 is 6.29 Å². The first kappa shape index (κ1) is 9.25. The van der Waals surface area contributed by atoms with Crippen molar-refractivity contribution in [3.05, 3.63) is 29.3 Å². The van der Waals surface area contributed by atoms with E-state index in [0.29, 0.717) is 5.56 Å². The third kappa shape index (κ3) is 1.41. The maximum absolute atomic E-state index is 10.6. The number of methoxy groups -OCH3 is 1. The van der Waals surface area contributed by atoms with Crippen LogP contribution in [0.4, 0.5) is 0 Å². The van der Waals surface area contributed by atoms with Gasteiger partial charge in [-0.15, -0.1) is 0 Å². The van der Waals surface area contributed by atoms with Gasteiger partial charge in [0.15, 0.2) is 0 Å². The second kappa shape index (κ2) is 3.12. The molecule has 0 atom stereocenters. The Labute approximate surface area is 83.9 Å². The van der Waals surface area contributed by atoms with Crippen LogP contribution in [0.2, 0.25) is 0 Å². The molecule has 1 aliphatic rings. The van der Waals surface area contributed by atoms with Crippen LogP contribution >= 0.6 is 0 Å². The van der Waals surface area contributed by atoms with Gasteiger partial charge in [-0.1, -0.05) is 19.1 Å². The number of carbonyl (C=O) groups excluding carboxylic acids is 1. The molecular formula is C12H14O2. The zero-order valence-electron chi connectivity index (χ0n) is 8.54. The first-order valence-corrected chi connectivity index (χ1v) is 4.83. The average molecular weight is 190 g/mol. The van der Waals surface area contributed by atoms with E-state index in [0.717, 1.165) is 12.0 Å². The molecule has 0 bridgehead atoms. The largest absolute Gasteiger partial charge is 0.496 e. The van der Waals surface area contributed by atoms with E-state index in [1.54, 1.807) is 7.11 Å². The molecular weight excluding hydrogens is 176 g/mol. The molecule has 2 nitrogen and oxygen atoms in total. The van der Waals surface area contributed by atoms with Gasteiger partial charge in [-0.2, -0.15) is 0 Å². The standard InChI is InChI=1S/C12H14O2/c1-12(5-6-12)10-4-3-9(8-13)7-11(10)14-2/h3-4,7-8H,5-6H2,1-2H3. The summed E-state index contributed by atoms with van der Waals surface area (Å²) in [4.78, 5) is 10.6. The van der Waals surface area contributed by atoms with Gasteiger partial charge in [0.25, 0.3) is 0 Å². The maximum Gasteiger partial charge on any atom is 0.150 e. The van der Waals surface area contributed by atoms with E-state index >= 15 is 0 Å². The number of aldehydes is 1. The molecule has 1 saturated carbocycles. The topological polar surface area (TPSA) is 26.3 Å². The maximum atomic E-state index is 10.6. The van der Waals surface area contributed by atoms with Crippen LogP contribution in [0.1, 0.15) is 35.7 Å². The summed E-state index contributed by atoms with van der Waals surface area (Å²) in [5.74, 6) is 0.842. The number of carbonyl (C=O) groups is 1. The van der Waals surface area contributed by atoms with Crippen LogP contribution in [0.5, 0.6) is 5.75 Å². The molecule has 0 radical (unpaired) electrons. The minimum Gasteiger partial charge on any atom is -0.496 e. The Morgan fingerprint density at radius 3 is 2.64 bits per heavy atom. The summed E-state index contributed by atoms with van der Waals surface area (Å²) in [6, 6.07) is 5.68. The zero-order valence-corrected chi connectivity index (χ0v) is 8.54. The summed E-state index contributed by atoms with van der Waals surface area (Å²) in [5, 5.41) is 0. The molecule has 0 spiro atoms. The second-order valence-electron chi connectivity index (χ2n) is 4.14. The highest BCUT2D eigenvalue weighted by molar-refractivity contribution is 5.76. The lowest BCUT2D eigenvalue weighted by atomic mass is 9.96. The molecule has 1 fully saturated rings. The van der Waals surface area contributed by atoms with Gasteiger partial charge in [-0.25, -0.2) is 0 Å². The van der Waals surface area contributed by atoms with Gasteiger partial charge in [0.1, 0.15) is 12.0 Å². The van der Waals surface area contributed by atoms with E-state index in [9.17, 15) is 4.79 Å². The molecule has 74 valence electrons. The van der Waals surface area contributed by atoms with Crippen molar-refractivity contribution in [1.29, 1.82) is 0 Å². The van der Waals surface area contributed by atoms with E-state index in [1.807, 2.05) is 18.2 Å². The van der Waals surface area contributed by atoms with Gasteiger partial charge >= 0.3 is 0 Å².